The second kappa shape index (κ2) is 4.93. The van der Waals surface area contributed by atoms with Crippen LogP contribution in [0.15, 0.2) is 12.2 Å². The highest BCUT2D eigenvalue weighted by Crippen LogP contribution is 2.03. The fourth-order valence-corrected chi connectivity index (χ4v) is 1.31. The topological polar surface area (TPSA) is 41.1 Å². The highest BCUT2D eigenvalue weighted by Gasteiger charge is 2.20. The van der Waals surface area contributed by atoms with E-state index in [2.05, 4.69) is 10.6 Å². The summed E-state index contributed by atoms with van der Waals surface area (Å²) in [7, 11) is 0. The molecule has 1 aliphatic rings. The van der Waals surface area contributed by atoms with Crippen LogP contribution < -0.4 is 10.6 Å². The summed E-state index contributed by atoms with van der Waals surface area (Å²) in [5.41, 5.74) is 0. The Balaban J connectivity index is 2.18. The zero-order valence-corrected chi connectivity index (χ0v) is 7.47. The van der Waals surface area contributed by atoms with Crippen LogP contribution in [0.4, 0.5) is 0 Å². The van der Waals surface area contributed by atoms with E-state index in [-0.39, 0.29) is 11.9 Å². The molecule has 0 unspecified atom stereocenters. The lowest BCUT2D eigenvalue weighted by atomic mass is 10.2. The van der Waals surface area contributed by atoms with Crippen molar-refractivity contribution in [2.45, 2.75) is 25.8 Å². The molecule has 1 aliphatic heterocycles. The van der Waals surface area contributed by atoms with E-state index in [0.717, 1.165) is 19.4 Å². The van der Waals surface area contributed by atoms with E-state index >= 15 is 0 Å². The van der Waals surface area contributed by atoms with Crippen molar-refractivity contribution < 1.29 is 4.79 Å². The second-order valence-electron chi connectivity index (χ2n) is 2.96. The number of carbonyl (C=O) groups is 1. The van der Waals surface area contributed by atoms with E-state index in [4.69, 9.17) is 0 Å². The Morgan fingerprint density at radius 1 is 1.75 bits per heavy atom. The Morgan fingerprint density at radius 2 is 2.58 bits per heavy atom. The third kappa shape index (κ3) is 2.66. The molecule has 1 fully saturated rings. The van der Waals surface area contributed by atoms with Gasteiger partial charge >= 0.3 is 0 Å². The SMILES string of the molecule is C/C=C/CNC(=O)[C@H]1CCCN1. The first-order valence-corrected chi connectivity index (χ1v) is 4.47. The van der Waals surface area contributed by atoms with Gasteiger partial charge in [-0.1, -0.05) is 12.2 Å². The molecular weight excluding hydrogens is 152 g/mol. The van der Waals surface area contributed by atoms with Crippen LogP contribution in [-0.2, 0) is 4.79 Å². The number of hydrogen-bond donors (Lipinski definition) is 2. The smallest absolute Gasteiger partial charge is 0.237 e. The molecule has 0 spiro atoms. The van der Waals surface area contributed by atoms with Crippen LogP contribution in [0.1, 0.15) is 19.8 Å². The van der Waals surface area contributed by atoms with Crippen molar-refractivity contribution in [1.82, 2.24) is 10.6 Å². The van der Waals surface area contributed by atoms with Gasteiger partial charge in [-0.05, 0) is 26.3 Å². The van der Waals surface area contributed by atoms with Crippen LogP contribution in [0, 0.1) is 0 Å². The number of rotatable bonds is 3. The molecule has 0 aliphatic carbocycles. The quantitative estimate of drug-likeness (QED) is 0.600. The van der Waals surface area contributed by atoms with Gasteiger partial charge in [0.05, 0.1) is 6.04 Å². The first kappa shape index (κ1) is 9.26. The van der Waals surface area contributed by atoms with E-state index in [1.807, 2.05) is 19.1 Å². The molecule has 0 aromatic rings. The number of allylic oxidation sites excluding steroid dienone is 1. The second-order valence-corrected chi connectivity index (χ2v) is 2.96. The summed E-state index contributed by atoms with van der Waals surface area (Å²) in [5.74, 6) is 0.130. The molecule has 1 atom stereocenters. The fraction of sp³-hybridized carbons (Fsp3) is 0.667. The van der Waals surface area contributed by atoms with Gasteiger partial charge in [-0.2, -0.15) is 0 Å². The lowest BCUT2D eigenvalue weighted by Crippen LogP contribution is -2.40. The Kier molecular flexibility index (Phi) is 3.80. The van der Waals surface area contributed by atoms with Gasteiger partial charge in [-0.3, -0.25) is 4.79 Å². The summed E-state index contributed by atoms with van der Waals surface area (Å²) >= 11 is 0. The van der Waals surface area contributed by atoms with Gasteiger partial charge in [-0.15, -0.1) is 0 Å². The summed E-state index contributed by atoms with van der Waals surface area (Å²) in [4.78, 5) is 11.3. The van der Waals surface area contributed by atoms with Gasteiger partial charge in [0.25, 0.3) is 0 Å². The van der Waals surface area contributed by atoms with Crippen LogP contribution in [0.3, 0.4) is 0 Å². The third-order valence-electron chi connectivity index (χ3n) is 2.01. The Bertz CT molecular complexity index is 171. The monoisotopic (exact) mass is 168 g/mol. The summed E-state index contributed by atoms with van der Waals surface area (Å²) in [6, 6.07) is 0.0512. The van der Waals surface area contributed by atoms with Gasteiger partial charge in [-0.25, -0.2) is 0 Å². The molecule has 1 saturated heterocycles. The third-order valence-corrected chi connectivity index (χ3v) is 2.01. The zero-order valence-electron chi connectivity index (χ0n) is 7.47. The van der Waals surface area contributed by atoms with E-state index in [1.54, 1.807) is 0 Å². The number of amides is 1. The Labute approximate surface area is 73.2 Å². The Morgan fingerprint density at radius 3 is 3.17 bits per heavy atom. The average Bonchev–Trinajstić information content (AvgIpc) is 2.56. The highest BCUT2D eigenvalue weighted by atomic mass is 16.2. The van der Waals surface area contributed by atoms with Crippen LogP contribution in [0.2, 0.25) is 0 Å². The van der Waals surface area contributed by atoms with E-state index in [0.29, 0.717) is 6.54 Å². The molecule has 1 heterocycles. The minimum atomic E-state index is 0.0512. The molecule has 0 bridgehead atoms. The number of carbonyl (C=O) groups excluding carboxylic acids is 1. The molecule has 2 N–H and O–H groups in total. The summed E-state index contributed by atoms with van der Waals surface area (Å²) < 4.78 is 0. The number of hydrogen-bond acceptors (Lipinski definition) is 2. The molecule has 3 heteroatoms. The zero-order chi connectivity index (χ0) is 8.81. The van der Waals surface area contributed by atoms with Gasteiger partial charge in [0.15, 0.2) is 0 Å². The van der Waals surface area contributed by atoms with Gasteiger partial charge in [0.1, 0.15) is 0 Å². The lowest BCUT2D eigenvalue weighted by Gasteiger charge is -2.08. The number of nitrogens with one attached hydrogen (secondary N) is 2. The van der Waals surface area contributed by atoms with Crippen LogP contribution in [-0.4, -0.2) is 25.0 Å². The van der Waals surface area contributed by atoms with Crippen molar-refractivity contribution in [3.63, 3.8) is 0 Å². The maximum atomic E-state index is 11.3. The normalized spacial score (nSPS) is 23.2. The first-order valence-electron chi connectivity index (χ1n) is 4.47. The van der Waals surface area contributed by atoms with Crippen molar-refractivity contribution in [2.24, 2.45) is 0 Å². The van der Waals surface area contributed by atoms with Crippen molar-refractivity contribution in [1.29, 1.82) is 0 Å². The van der Waals surface area contributed by atoms with Crippen molar-refractivity contribution in [3.05, 3.63) is 12.2 Å². The predicted molar refractivity (Wildman–Crippen MR) is 48.8 cm³/mol. The molecule has 0 saturated carbocycles. The maximum Gasteiger partial charge on any atom is 0.237 e. The van der Waals surface area contributed by atoms with Crippen LogP contribution >= 0.6 is 0 Å². The summed E-state index contributed by atoms with van der Waals surface area (Å²) in [6.07, 6.45) is 5.96. The molecule has 1 amide bonds. The lowest BCUT2D eigenvalue weighted by molar-refractivity contribution is -0.122. The minimum Gasteiger partial charge on any atom is -0.351 e. The molecule has 68 valence electrons. The standard InChI is InChI=1S/C9H16N2O/c1-2-3-6-11-9(12)8-5-4-7-10-8/h2-3,8,10H,4-7H2,1H3,(H,11,12)/b3-2+/t8-/m1/s1. The molecule has 0 radical (unpaired) electrons. The average molecular weight is 168 g/mol. The van der Waals surface area contributed by atoms with Gasteiger partial charge in [0.2, 0.25) is 5.91 Å². The van der Waals surface area contributed by atoms with Gasteiger partial charge in [0, 0.05) is 6.54 Å². The molecular formula is C9H16N2O. The minimum absolute atomic E-state index is 0.0512. The van der Waals surface area contributed by atoms with Gasteiger partial charge < -0.3 is 10.6 Å². The summed E-state index contributed by atoms with van der Waals surface area (Å²) in [6.45, 7) is 3.56. The van der Waals surface area contributed by atoms with Crippen LogP contribution in [0.25, 0.3) is 0 Å². The van der Waals surface area contributed by atoms with E-state index in [9.17, 15) is 4.79 Å². The summed E-state index contributed by atoms with van der Waals surface area (Å²) in [5, 5.41) is 5.98. The molecule has 0 aromatic carbocycles. The maximum absolute atomic E-state index is 11.3. The van der Waals surface area contributed by atoms with E-state index in [1.165, 1.54) is 0 Å². The fourth-order valence-electron chi connectivity index (χ4n) is 1.31. The van der Waals surface area contributed by atoms with Crippen LogP contribution in [0.5, 0.6) is 0 Å². The molecule has 12 heavy (non-hydrogen) atoms. The highest BCUT2D eigenvalue weighted by molar-refractivity contribution is 5.82. The predicted octanol–water partition coefficient (Wildman–Crippen LogP) is 0.431. The van der Waals surface area contributed by atoms with Crippen molar-refractivity contribution in [3.8, 4) is 0 Å². The molecule has 0 aromatic heterocycles. The Hall–Kier alpha value is -0.830. The van der Waals surface area contributed by atoms with E-state index < -0.39 is 0 Å². The van der Waals surface area contributed by atoms with Crippen molar-refractivity contribution >= 4 is 5.91 Å². The largest absolute Gasteiger partial charge is 0.351 e. The molecule has 1 rings (SSSR count). The first-order chi connectivity index (χ1) is 5.84. The molecule has 3 nitrogen and oxygen atoms in total. The van der Waals surface area contributed by atoms with Crippen molar-refractivity contribution in [2.75, 3.05) is 13.1 Å².